The number of methoxy groups -OCH3 is 2. The number of carbonyl (C=O) groups excluding carboxylic acids is 2. The van der Waals surface area contributed by atoms with E-state index in [1.54, 1.807) is 36.4 Å². The summed E-state index contributed by atoms with van der Waals surface area (Å²) in [6, 6.07) is 20.3. The molecule has 0 aromatic heterocycles. The zero-order valence-corrected chi connectivity index (χ0v) is 19.0. The van der Waals surface area contributed by atoms with E-state index in [-0.39, 0.29) is 16.9 Å². The van der Waals surface area contributed by atoms with Gasteiger partial charge in [-0.3, -0.25) is 14.5 Å². The van der Waals surface area contributed by atoms with E-state index in [1.165, 1.54) is 19.1 Å². The van der Waals surface area contributed by atoms with E-state index in [2.05, 4.69) is 15.9 Å². The lowest BCUT2D eigenvalue weighted by Crippen LogP contribution is -2.29. The van der Waals surface area contributed by atoms with Crippen LogP contribution in [0.5, 0.6) is 11.5 Å². The molecule has 4 rings (SSSR count). The Balaban J connectivity index is 1.98. The van der Waals surface area contributed by atoms with Gasteiger partial charge in [0.2, 0.25) is 0 Å². The van der Waals surface area contributed by atoms with E-state index in [4.69, 9.17) is 9.47 Å². The first-order valence-electron chi connectivity index (χ1n) is 9.80. The summed E-state index contributed by atoms with van der Waals surface area (Å²) >= 11 is 3.42. The number of Topliss-reactive ketones (excluding diaryl/α,β-unsaturated/α-hetero) is 1. The molecule has 1 amide bonds. The molecular formula is C25H20BrNO5. The maximum atomic E-state index is 13.2. The maximum Gasteiger partial charge on any atom is 0.300 e. The Bertz CT molecular complexity index is 1220. The van der Waals surface area contributed by atoms with Gasteiger partial charge in [0, 0.05) is 10.2 Å². The average molecular weight is 494 g/mol. The smallest absolute Gasteiger partial charge is 0.300 e. The van der Waals surface area contributed by atoms with E-state index >= 15 is 0 Å². The molecule has 0 bridgehead atoms. The molecule has 1 atom stereocenters. The Morgan fingerprint density at radius 3 is 2.34 bits per heavy atom. The van der Waals surface area contributed by atoms with Gasteiger partial charge < -0.3 is 14.6 Å². The quantitative estimate of drug-likeness (QED) is 0.304. The first-order valence-corrected chi connectivity index (χ1v) is 10.6. The number of ether oxygens (including phenoxy) is 2. The number of amides is 1. The molecule has 1 aliphatic rings. The Kier molecular flexibility index (Phi) is 6.01. The second-order valence-corrected chi connectivity index (χ2v) is 8.04. The molecule has 1 aliphatic heterocycles. The standard InChI is InChI=1S/C25H20BrNO5/c1-31-18-11-12-20(32-2)19(14-18)23(28)21-22(15-7-4-3-5-8-15)27(25(30)24(21)29)17-10-6-9-16(26)13-17/h3-14,22,28H,1-2H3/b23-21+. The lowest BCUT2D eigenvalue weighted by Gasteiger charge is -2.25. The van der Waals surface area contributed by atoms with Crippen molar-refractivity contribution in [3.63, 3.8) is 0 Å². The third-order valence-electron chi connectivity index (χ3n) is 5.31. The average Bonchev–Trinajstić information content (AvgIpc) is 3.09. The monoisotopic (exact) mass is 493 g/mol. The van der Waals surface area contributed by atoms with Crippen LogP contribution in [0, 0.1) is 0 Å². The topological polar surface area (TPSA) is 76.1 Å². The number of halogens is 1. The van der Waals surface area contributed by atoms with Gasteiger partial charge in [-0.25, -0.2) is 0 Å². The number of benzene rings is 3. The van der Waals surface area contributed by atoms with Crippen molar-refractivity contribution in [1.29, 1.82) is 0 Å². The summed E-state index contributed by atoms with van der Waals surface area (Å²) in [4.78, 5) is 27.8. The normalized spacial score (nSPS) is 17.5. The zero-order chi connectivity index (χ0) is 22.8. The number of aliphatic hydroxyl groups is 1. The molecule has 162 valence electrons. The van der Waals surface area contributed by atoms with Crippen molar-refractivity contribution in [2.24, 2.45) is 0 Å². The van der Waals surface area contributed by atoms with Crippen molar-refractivity contribution < 1.29 is 24.2 Å². The minimum absolute atomic E-state index is 0.0206. The highest BCUT2D eigenvalue weighted by molar-refractivity contribution is 9.10. The first-order chi connectivity index (χ1) is 15.5. The van der Waals surface area contributed by atoms with Crippen LogP contribution in [0.2, 0.25) is 0 Å². The Labute approximate surface area is 193 Å². The number of aliphatic hydroxyl groups excluding tert-OH is 1. The van der Waals surface area contributed by atoms with Crippen LogP contribution in [0.15, 0.2) is 82.8 Å². The molecule has 32 heavy (non-hydrogen) atoms. The van der Waals surface area contributed by atoms with Gasteiger partial charge in [-0.2, -0.15) is 0 Å². The van der Waals surface area contributed by atoms with Crippen molar-refractivity contribution in [3.05, 3.63) is 94.0 Å². The van der Waals surface area contributed by atoms with Crippen molar-refractivity contribution in [3.8, 4) is 11.5 Å². The van der Waals surface area contributed by atoms with Gasteiger partial charge in [0.1, 0.15) is 17.3 Å². The third-order valence-corrected chi connectivity index (χ3v) is 5.80. The molecule has 0 saturated carbocycles. The number of hydrogen-bond acceptors (Lipinski definition) is 5. The van der Waals surface area contributed by atoms with Crippen LogP contribution in [-0.4, -0.2) is 31.0 Å². The summed E-state index contributed by atoms with van der Waals surface area (Å²) in [5.41, 5.74) is 1.47. The Morgan fingerprint density at radius 2 is 1.69 bits per heavy atom. The van der Waals surface area contributed by atoms with Gasteiger partial charge in [-0.15, -0.1) is 0 Å². The van der Waals surface area contributed by atoms with E-state index in [9.17, 15) is 14.7 Å². The van der Waals surface area contributed by atoms with E-state index in [0.717, 1.165) is 4.47 Å². The number of nitrogens with zero attached hydrogens (tertiary/aromatic N) is 1. The fourth-order valence-corrected chi connectivity index (χ4v) is 4.21. The third kappa shape index (κ3) is 3.76. The maximum absolute atomic E-state index is 13.2. The fourth-order valence-electron chi connectivity index (χ4n) is 3.82. The van der Waals surface area contributed by atoms with Crippen LogP contribution in [0.25, 0.3) is 5.76 Å². The molecule has 6 nitrogen and oxygen atoms in total. The van der Waals surface area contributed by atoms with Crippen molar-refractivity contribution >= 4 is 39.1 Å². The lowest BCUT2D eigenvalue weighted by molar-refractivity contribution is -0.132. The second kappa shape index (κ2) is 8.88. The molecule has 1 heterocycles. The summed E-state index contributed by atoms with van der Waals surface area (Å²) in [5, 5.41) is 11.3. The van der Waals surface area contributed by atoms with E-state index in [1.807, 2.05) is 36.4 Å². The summed E-state index contributed by atoms with van der Waals surface area (Å²) < 4.78 is 11.4. The second-order valence-electron chi connectivity index (χ2n) is 7.13. The number of anilines is 1. The highest BCUT2D eigenvalue weighted by atomic mass is 79.9. The Hall–Kier alpha value is -3.58. The van der Waals surface area contributed by atoms with Gasteiger partial charge in [-0.1, -0.05) is 52.3 Å². The van der Waals surface area contributed by atoms with Crippen LogP contribution < -0.4 is 14.4 Å². The Morgan fingerprint density at radius 1 is 0.938 bits per heavy atom. The predicted molar refractivity (Wildman–Crippen MR) is 125 cm³/mol. The minimum atomic E-state index is -0.818. The molecule has 3 aromatic carbocycles. The molecule has 7 heteroatoms. The largest absolute Gasteiger partial charge is 0.507 e. The molecule has 1 fully saturated rings. The van der Waals surface area contributed by atoms with Crippen LogP contribution >= 0.6 is 15.9 Å². The van der Waals surface area contributed by atoms with Crippen molar-refractivity contribution in [2.45, 2.75) is 6.04 Å². The molecule has 0 spiro atoms. The molecular weight excluding hydrogens is 474 g/mol. The van der Waals surface area contributed by atoms with Crippen molar-refractivity contribution in [2.75, 3.05) is 19.1 Å². The highest BCUT2D eigenvalue weighted by Crippen LogP contribution is 2.44. The first kappa shape index (κ1) is 21.6. The van der Waals surface area contributed by atoms with Gasteiger partial charge >= 0.3 is 0 Å². The lowest BCUT2D eigenvalue weighted by atomic mass is 9.94. The molecule has 1 N–H and O–H groups in total. The van der Waals surface area contributed by atoms with Crippen LogP contribution in [-0.2, 0) is 9.59 Å². The zero-order valence-electron chi connectivity index (χ0n) is 17.4. The van der Waals surface area contributed by atoms with Gasteiger partial charge in [0.25, 0.3) is 11.7 Å². The van der Waals surface area contributed by atoms with Gasteiger partial charge in [-0.05, 0) is 42.0 Å². The molecule has 1 unspecified atom stereocenters. The molecule has 1 saturated heterocycles. The van der Waals surface area contributed by atoms with Crippen LogP contribution in [0.4, 0.5) is 5.69 Å². The number of hydrogen-bond donors (Lipinski definition) is 1. The summed E-state index contributed by atoms with van der Waals surface area (Å²) in [5.74, 6) is -0.999. The molecule has 3 aromatic rings. The summed E-state index contributed by atoms with van der Waals surface area (Å²) in [6.07, 6.45) is 0. The number of carbonyl (C=O) groups is 2. The van der Waals surface area contributed by atoms with Gasteiger partial charge in [0.15, 0.2) is 0 Å². The van der Waals surface area contributed by atoms with Crippen molar-refractivity contribution in [1.82, 2.24) is 0 Å². The number of rotatable bonds is 5. The summed E-state index contributed by atoms with van der Waals surface area (Å²) in [7, 11) is 2.97. The van der Waals surface area contributed by atoms with Crippen LogP contribution in [0.3, 0.4) is 0 Å². The molecule has 0 radical (unpaired) electrons. The SMILES string of the molecule is COc1ccc(OC)c(/C(O)=C2\C(=O)C(=O)N(c3cccc(Br)c3)C2c2ccccc2)c1. The summed E-state index contributed by atoms with van der Waals surface area (Å²) in [6.45, 7) is 0. The predicted octanol–water partition coefficient (Wildman–Crippen LogP) is 5.09. The number of ketones is 1. The minimum Gasteiger partial charge on any atom is -0.507 e. The van der Waals surface area contributed by atoms with E-state index in [0.29, 0.717) is 22.7 Å². The highest BCUT2D eigenvalue weighted by Gasteiger charge is 2.47. The molecule has 0 aliphatic carbocycles. The van der Waals surface area contributed by atoms with Crippen LogP contribution in [0.1, 0.15) is 17.2 Å². The van der Waals surface area contributed by atoms with Gasteiger partial charge in [0.05, 0.1) is 31.4 Å². The van der Waals surface area contributed by atoms with E-state index < -0.39 is 17.7 Å². The fraction of sp³-hybridized carbons (Fsp3) is 0.120.